The normalized spacial score (nSPS) is 19.5. The van der Waals surface area contributed by atoms with Gasteiger partial charge < -0.3 is 10.4 Å². The molecule has 2 rings (SSSR count). The first-order valence-corrected chi connectivity index (χ1v) is 5.41. The SMILES string of the molecule is CC(O)(CNC1CC1)c1c(F)cccc1F. The summed E-state index contributed by atoms with van der Waals surface area (Å²) in [5, 5.41) is 13.1. The van der Waals surface area contributed by atoms with Gasteiger partial charge in [-0.2, -0.15) is 0 Å². The molecule has 2 nitrogen and oxygen atoms in total. The molecule has 1 fully saturated rings. The summed E-state index contributed by atoms with van der Waals surface area (Å²) in [6.07, 6.45) is 2.13. The van der Waals surface area contributed by atoms with Crippen LogP contribution in [0.15, 0.2) is 18.2 Å². The quantitative estimate of drug-likeness (QED) is 0.823. The fourth-order valence-corrected chi connectivity index (χ4v) is 1.73. The summed E-state index contributed by atoms with van der Waals surface area (Å²) in [5.74, 6) is -1.41. The third kappa shape index (κ3) is 2.39. The van der Waals surface area contributed by atoms with E-state index in [0.29, 0.717) is 6.04 Å². The Morgan fingerprint density at radius 1 is 1.38 bits per heavy atom. The third-order valence-electron chi connectivity index (χ3n) is 2.81. The van der Waals surface area contributed by atoms with Crippen LogP contribution in [0.2, 0.25) is 0 Å². The predicted octanol–water partition coefficient (Wildman–Crippen LogP) is 1.92. The number of hydrogen-bond donors (Lipinski definition) is 2. The number of nitrogens with one attached hydrogen (secondary N) is 1. The molecule has 0 aromatic heterocycles. The van der Waals surface area contributed by atoms with E-state index in [1.54, 1.807) is 0 Å². The Bertz CT molecular complexity index is 368. The monoisotopic (exact) mass is 227 g/mol. The lowest BCUT2D eigenvalue weighted by Gasteiger charge is -2.25. The van der Waals surface area contributed by atoms with Crippen LogP contribution in [0.4, 0.5) is 8.78 Å². The first kappa shape index (κ1) is 11.5. The third-order valence-corrected chi connectivity index (χ3v) is 2.81. The van der Waals surface area contributed by atoms with Gasteiger partial charge in [-0.15, -0.1) is 0 Å². The Morgan fingerprint density at radius 2 is 1.94 bits per heavy atom. The van der Waals surface area contributed by atoms with Gasteiger partial charge in [-0.1, -0.05) is 6.07 Å². The lowest BCUT2D eigenvalue weighted by Crippen LogP contribution is -2.38. The first-order valence-electron chi connectivity index (χ1n) is 5.41. The van der Waals surface area contributed by atoms with Gasteiger partial charge in [0.2, 0.25) is 0 Å². The Labute approximate surface area is 93.3 Å². The maximum Gasteiger partial charge on any atom is 0.132 e. The summed E-state index contributed by atoms with van der Waals surface area (Å²) >= 11 is 0. The number of rotatable bonds is 4. The fraction of sp³-hybridized carbons (Fsp3) is 0.500. The predicted molar refractivity (Wildman–Crippen MR) is 57.0 cm³/mol. The Hall–Kier alpha value is -1.00. The second-order valence-electron chi connectivity index (χ2n) is 4.53. The summed E-state index contributed by atoms with van der Waals surface area (Å²) in [6, 6.07) is 3.99. The summed E-state index contributed by atoms with van der Waals surface area (Å²) in [5.41, 5.74) is -1.78. The van der Waals surface area contributed by atoms with Crippen molar-refractivity contribution in [3.63, 3.8) is 0 Å². The highest BCUT2D eigenvalue weighted by molar-refractivity contribution is 5.26. The molecule has 1 atom stereocenters. The van der Waals surface area contributed by atoms with Crippen molar-refractivity contribution in [2.24, 2.45) is 0 Å². The van der Waals surface area contributed by atoms with Gasteiger partial charge >= 0.3 is 0 Å². The van der Waals surface area contributed by atoms with Crippen molar-refractivity contribution in [1.29, 1.82) is 0 Å². The molecule has 1 unspecified atom stereocenters. The zero-order chi connectivity index (χ0) is 11.8. The highest BCUT2D eigenvalue weighted by Crippen LogP contribution is 2.27. The van der Waals surface area contributed by atoms with E-state index in [1.165, 1.54) is 13.0 Å². The second kappa shape index (κ2) is 4.11. The molecule has 88 valence electrons. The molecule has 0 radical (unpaired) electrons. The van der Waals surface area contributed by atoms with Crippen molar-refractivity contribution < 1.29 is 13.9 Å². The Balaban J connectivity index is 2.18. The molecule has 0 aliphatic heterocycles. The molecule has 4 heteroatoms. The van der Waals surface area contributed by atoms with E-state index in [1.807, 2.05) is 0 Å². The van der Waals surface area contributed by atoms with E-state index >= 15 is 0 Å². The lowest BCUT2D eigenvalue weighted by atomic mass is 9.94. The Kier molecular flexibility index (Phi) is 2.95. The van der Waals surface area contributed by atoms with Crippen molar-refractivity contribution in [3.05, 3.63) is 35.4 Å². The van der Waals surface area contributed by atoms with Crippen LogP contribution in [0.3, 0.4) is 0 Å². The van der Waals surface area contributed by atoms with Crippen LogP contribution in [0.1, 0.15) is 25.3 Å². The molecule has 0 spiro atoms. The number of aliphatic hydroxyl groups is 1. The molecule has 0 saturated heterocycles. The highest BCUT2D eigenvalue weighted by Gasteiger charge is 2.32. The van der Waals surface area contributed by atoms with Gasteiger partial charge in [0.05, 0.1) is 5.56 Å². The van der Waals surface area contributed by atoms with Gasteiger partial charge in [0.1, 0.15) is 17.2 Å². The molecule has 0 amide bonds. The minimum atomic E-state index is -1.52. The molecule has 1 aromatic carbocycles. The van der Waals surface area contributed by atoms with E-state index < -0.39 is 17.2 Å². The number of hydrogen-bond acceptors (Lipinski definition) is 2. The van der Waals surface area contributed by atoms with Crippen LogP contribution in [-0.2, 0) is 5.60 Å². The van der Waals surface area contributed by atoms with Gasteiger partial charge in [-0.05, 0) is 31.9 Å². The lowest BCUT2D eigenvalue weighted by molar-refractivity contribution is 0.0489. The van der Waals surface area contributed by atoms with Gasteiger partial charge in [0.15, 0.2) is 0 Å². The molecule has 0 bridgehead atoms. The summed E-state index contributed by atoms with van der Waals surface area (Å²) in [6.45, 7) is 1.58. The molecule has 1 aliphatic carbocycles. The standard InChI is InChI=1S/C12H15F2NO/c1-12(16,7-15-8-5-6-8)11-9(13)3-2-4-10(11)14/h2-4,8,15-16H,5-7H2,1H3. The van der Waals surface area contributed by atoms with E-state index in [9.17, 15) is 13.9 Å². The highest BCUT2D eigenvalue weighted by atomic mass is 19.1. The average Bonchev–Trinajstić information content (AvgIpc) is 2.97. The largest absolute Gasteiger partial charge is 0.384 e. The topological polar surface area (TPSA) is 32.3 Å². The van der Waals surface area contributed by atoms with Crippen molar-refractivity contribution in [2.45, 2.75) is 31.4 Å². The van der Waals surface area contributed by atoms with Crippen LogP contribution < -0.4 is 5.32 Å². The first-order chi connectivity index (χ1) is 7.50. The summed E-state index contributed by atoms with van der Waals surface area (Å²) in [7, 11) is 0. The molecule has 0 heterocycles. The van der Waals surface area contributed by atoms with Crippen molar-refractivity contribution in [1.82, 2.24) is 5.32 Å². The molecular formula is C12H15F2NO. The van der Waals surface area contributed by atoms with Crippen molar-refractivity contribution in [3.8, 4) is 0 Å². The van der Waals surface area contributed by atoms with Crippen molar-refractivity contribution in [2.75, 3.05) is 6.54 Å². The molecule has 1 aromatic rings. The Morgan fingerprint density at radius 3 is 2.44 bits per heavy atom. The van der Waals surface area contributed by atoms with Gasteiger partial charge in [0, 0.05) is 12.6 Å². The van der Waals surface area contributed by atoms with Gasteiger partial charge in [0.25, 0.3) is 0 Å². The molecule has 16 heavy (non-hydrogen) atoms. The van der Waals surface area contributed by atoms with Crippen LogP contribution in [-0.4, -0.2) is 17.7 Å². The molecule has 2 N–H and O–H groups in total. The van der Waals surface area contributed by atoms with Crippen LogP contribution in [0.25, 0.3) is 0 Å². The van der Waals surface area contributed by atoms with Crippen LogP contribution in [0, 0.1) is 11.6 Å². The smallest absolute Gasteiger partial charge is 0.132 e. The van der Waals surface area contributed by atoms with Crippen LogP contribution in [0.5, 0.6) is 0 Å². The summed E-state index contributed by atoms with van der Waals surface area (Å²) in [4.78, 5) is 0. The van der Waals surface area contributed by atoms with E-state index in [4.69, 9.17) is 0 Å². The maximum absolute atomic E-state index is 13.5. The molecule has 1 saturated carbocycles. The van der Waals surface area contributed by atoms with Gasteiger partial charge in [-0.25, -0.2) is 8.78 Å². The average molecular weight is 227 g/mol. The molecule has 1 aliphatic rings. The maximum atomic E-state index is 13.5. The minimum Gasteiger partial charge on any atom is -0.384 e. The second-order valence-corrected chi connectivity index (χ2v) is 4.53. The van der Waals surface area contributed by atoms with Gasteiger partial charge in [-0.3, -0.25) is 0 Å². The van der Waals surface area contributed by atoms with Crippen molar-refractivity contribution >= 4 is 0 Å². The van der Waals surface area contributed by atoms with Crippen LogP contribution >= 0.6 is 0 Å². The number of benzene rings is 1. The van der Waals surface area contributed by atoms with E-state index in [2.05, 4.69) is 5.32 Å². The minimum absolute atomic E-state index is 0.162. The van der Waals surface area contributed by atoms with E-state index in [-0.39, 0.29) is 12.1 Å². The van der Waals surface area contributed by atoms with E-state index in [0.717, 1.165) is 25.0 Å². The zero-order valence-corrected chi connectivity index (χ0v) is 9.13. The number of halogens is 2. The fourth-order valence-electron chi connectivity index (χ4n) is 1.73. The summed E-state index contributed by atoms with van der Waals surface area (Å²) < 4.78 is 26.9. The zero-order valence-electron chi connectivity index (χ0n) is 9.13. The molecular weight excluding hydrogens is 212 g/mol.